The van der Waals surface area contributed by atoms with Gasteiger partial charge in [-0.3, -0.25) is 4.79 Å². The van der Waals surface area contributed by atoms with Crippen molar-refractivity contribution < 1.29 is 23.7 Å². The molecule has 0 saturated carbocycles. The summed E-state index contributed by atoms with van der Waals surface area (Å²) in [4.78, 5) is 15.0. The molecule has 2 aromatic carbocycles. The van der Waals surface area contributed by atoms with Gasteiger partial charge in [-0.15, -0.1) is 0 Å². The first-order valence-electron chi connectivity index (χ1n) is 9.23. The van der Waals surface area contributed by atoms with Crippen molar-refractivity contribution in [3.05, 3.63) is 47.0 Å². The Labute approximate surface area is 166 Å². The van der Waals surface area contributed by atoms with Gasteiger partial charge in [0.25, 0.3) is 0 Å². The van der Waals surface area contributed by atoms with Crippen LogP contribution in [-0.4, -0.2) is 52.8 Å². The standard InChI is InChI=1S/C22H27NO5/c1-23-10-9-14-12-19(26-3)20(27-4)13-16(14)17(22(23)24)11-15-7-6-8-18(25-2)21(15)28-5/h6-8,12-13,17H,9-11H2,1-5H3/t17-/m1/s1. The Morgan fingerprint density at radius 1 is 0.964 bits per heavy atom. The van der Waals surface area contributed by atoms with Crippen LogP contribution in [0.15, 0.2) is 30.3 Å². The smallest absolute Gasteiger partial charge is 0.230 e. The van der Waals surface area contributed by atoms with Gasteiger partial charge in [-0.05, 0) is 47.7 Å². The van der Waals surface area contributed by atoms with E-state index < -0.39 is 0 Å². The highest BCUT2D eigenvalue weighted by Gasteiger charge is 2.31. The third kappa shape index (κ3) is 3.59. The second-order valence-electron chi connectivity index (χ2n) is 6.83. The summed E-state index contributed by atoms with van der Waals surface area (Å²) in [5.74, 6) is 2.35. The van der Waals surface area contributed by atoms with E-state index in [0.717, 1.165) is 23.1 Å². The summed E-state index contributed by atoms with van der Waals surface area (Å²) >= 11 is 0. The second-order valence-corrected chi connectivity index (χ2v) is 6.83. The van der Waals surface area contributed by atoms with Gasteiger partial charge in [-0.2, -0.15) is 0 Å². The number of nitrogens with zero attached hydrogens (tertiary/aromatic N) is 1. The van der Waals surface area contributed by atoms with Crippen LogP contribution in [0.1, 0.15) is 22.6 Å². The van der Waals surface area contributed by atoms with Crippen LogP contribution in [0, 0.1) is 0 Å². The van der Waals surface area contributed by atoms with E-state index in [-0.39, 0.29) is 11.8 Å². The van der Waals surface area contributed by atoms with Crippen molar-refractivity contribution in [3.63, 3.8) is 0 Å². The normalized spacial score (nSPS) is 16.2. The molecule has 0 radical (unpaired) electrons. The Kier molecular flexibility index (Phi) is 5.97. The number of methoxy groups -OCH3 is 4. The molecule has 6 nitrogen and oxygen atoms in total. The number of likely N-dealkylation sites (N-methyl/N-ethyl adjacent to an activating group) is 1. The van der Waals surface area contributed by atoms with Gasteiger partial charge in [0.2, 0.25) is 5.91 Å². The first kappa shape index (κ1) is 19.9. The van der Waals surface area contributed by atoms with Crippen molar-refractivity contribution in [2.75, 3.05) is 42.0 Å². The van der Waals surface area contributed by atoms with Crippen molar-refractivity contribution in [2.24, 2.45) is 0 Å². The maximum atomic E-state index is 13.2. The zero-order valence-corrected chi connectivity index (χ0v) is 17.1. The number of carbonyl (C=O) groups excluding carboxylic acids is 1. The lowest BCUT2D eigenvalue weighted by Crippen LogP contribution is -2.31. The molecule has 0 aliphatic carbocycles. The lowest BCUT2D eigenvalue weighted by molar-refractivity contribution is -0.131. The molecule has 0 fully saturated rings. The molecule has 0 spiro atoms. The lowest BCUT2D eigenvalue weighted by Gasteiger charge is -2.23. The molecular weight excluding hydrogens is 358 g/mol. The molecule has 0 bridgehead atoms. The van der Waals surface area contributed by atoms with Crippen molar-refractivity contribution in [2.45, 2.75) is 18.8 Å². The second kappa shape index (κ2) is 8.42. The molecular formula is C22H27NO5. The number of benzene rings is 2. The average molecular weight is 385 g/mol. The molecule has 1 aliphatic rings. The molecule has 150 valence electrons. The summed E-state index contributed by atoms with van der Waals surface area (Å²) in [6.45, 7) is 0.660. The molecule has 28 heavy (non-hydrogen) atoms. The zero-order valence-electron chi connectivity index (χ0n) is 17.1. The van der Waals surface area contributed by atoms with Crippen LogP contribution in [0.5, 0.6) is 23.0 Å². The predicted octanol–water partition coefficient (Wildman–Crippen LogP) is 3.06. The quantitative estimate of drug-likeness (QED) is 0.765. The van der Waals surface area contributed by atoms with Crippen LogP contribution in [-0.2, 0) is 17.6 Å². The van der Waals surface area contributed by atoms with E-state index in [1.165, 1.54) is 0 Å². The number of hydrogen-bond acceptors (Lipinski definition) is 5. The Morgan fingerprint density at radius 2 is 1.64 bits per heavy atom. The van der Waals surface area contributed by atoms with Crippen LogP contribution in [0.3, 0.4) is 0 Å². The highest BCUT2D eigenvalue weighted by Crippen LogP contribution is 2.40. The topological polar surface area (TPSA) is 57.2 Å². The minimum Gasteiger partial charge on any atom is -0.493 e. The fraction of sp³-hybridized carbons (Fsp3) is 0.409. The minimum absolute atomic E-state index is 0.0795. The number of para-hydroxylation sites is 1. The highest BCUT2D eigenvalue weighted by molar-refractivity contribution is 5.85. The van der Waals surface area contributed by atoms with E-state index >= 15 is 0 Å². The Bertz CT molecular complexity index is 864. The third-order valence-electron chi connectivity index (χ3n) is 5.32. The summed E-state index contributed by atoms with van der Waals surface area (Å²) < 4.78 is 21.9. The van der Waals surface area contributed by atoms with E-state index in [4.69, 9.17) is 18.9 Å². The van der Waals surface area contributed by atoms with Gasteiger partial charge in [0, 0.05) is 13.6 Å². The molecule has 6 heteroatoms. The molecule has 2 aromatic rings. The van der Waals surface area contributed by atoms with Crippen molar-refractivity contribution in [3.8, 4) is 23.0 Å². The van der Waals surface area contributed by atoms with Gasteiger partial charge in [-0.25, -0.2) is 0 Å². The van der Waals surface area contributed by atoms with Crippen LogP contribution in [0.4, 0.5) is 0 Å². The molecule has 0 unspecified atom stereocenters. The molecule has 0 saturated heterocycles. The van der Waals surface area contributed by atoms with Gasteiger partial charge in [-0.1, -0.05) is 12.1 Å². The fourth-order valence-electron chi connectivity index (χ4n) is 3.81. The molecule has 1 heterocycles. The number of fused-ring (bicyclic) bond motifs is 1. The zero-order chi connectivity index (χ0) is 20.3. The van der Waals surface area contributed by atoms with Gasteiger partial charge in [0.1, 0.15) is 0 Å². The van der Waals surface area contributed by atoms with E-state index in [9.17, 15) is 4.79 Å². The lowest BCUT2D eigenvalue weighted by atomic mass is 9.87. The summed E-state index contributed by atoms with van der Waals surface area (Å²) in [5.41, 5.74) is 3.00. The number of carbonyl (C=O) groups is 1. The van der Waals surface area contributed by atoms with Crippen LogP contribution in [0.25, 0.3) is 0 Å². The largest absolute Gasteiger partial charge is 0.493 e. The van der Waals surface area contributed by atoms with Gasteiger partial charge in [0.05, 0.1) is 34.4 Å². The molecule has 0 aromatic heterocycles. The van der Waals surface area contributed by atoms with Gasteiger partial charge in [0.15, 0.2) is 23.0 Å². The SMILES string of the molecule is COc1cc2c(cc1OC)[C@@H](Cc1cccc(OC)c1OC)C(=O)N(C)CC2. The molecule has 1 atom stereocenters. The molecule has 3 rings (SSSR count). The van der Waals surface area contributed by atoms with Crippen LogP contribution in [0.2, 0.25) is 0 Å². The molecule has 1 amide bonds. The summed E-state index contributed by atoms with van der Waals surface area (Å²) in [6.07, 6.45) is 1.27. The van der Waals surface area contributed by atoms with Gasteiger partial charge >= 0.3 is 0 Å². The number of amides is 1. The highest BCUT2D eigenvalue weighted by atomic mass is 16.5. The summed E-state index contributed by atoms with van der Waals surface area (Å²) in [6, 6.07) is 9.65. The molecule has 0 N–H and O–H groups in total. The first-order valence-corrected chi connectivity index (χ1v) is 9.23. The maximum Gasteiger partial charge on any atom is 0.230 e. The van der Waals surface area contributed by atoms with Crippen molar-refractivity contribution >= 4 is 5.91 Å². The van der Waals surface area contributed by atoms with Crippen LogP contribution >= 0.6 is 0 Å². The number of hydrogen-bond donors (Lipinski definition) is 0. The van der Waals surface area contributed by atoms with E-state index in [2.05, 4.69) is 0 Å². The fourth-order valence-corrected chi connectivity index (χ4v) is 3.81. The number of ether oxygens (including phenoxy) is 4. The first-order chi connectivity index (χ1) is 13.5. The minimum atomic E-state index is -0.344. The Morgan fingerprint density at radius 3 is 2.29 bits per heavy atom. The van der Waals surface area contributed by atoms with Crippen LogP contribution < -0.4 is 18.9 Å². The molecule has 1 aliphatic heterocycles. The third-order valence-corrected chi connectivity index (χ3v) is 5.32. The van der Waals surface area contributed by atoms with E-state index in [1.807, 2.05) is 37.4 Å². The summed E-state index contributed by atoms with van der Waals surface area (Å²) in [7, 11) is 8.30. The van der Waals surface area contributed by atoms with Crippen molar-refractivity contribution in [1.82, 2.24) is 4.90 Å². The predicted molar refractivity (Wildman–Crippen MR) is 107 cm³/mol. The number of rotatable bonds is 6. The maximum absolute atomic E-state index is 13.2. The summed E-state index contributed by atoms with van der Waals surface area (Å²) in [5, 5.41) is 0. The Hall–Kier alpha value is -2.89. The monoisotopic (exact) mass is 385 g/mol. The van der Waals surface area contributed by atoms with Gasteiger partial charge < -0.3 is 23.8 Å². The van der Waals surface area contributed by atoms with Crippen molar-refractivity contribution in [1.29, 1.82) is 0 Å². The Balaban J connectivity index is 2.10. The van der Waals surface area contributed by atoms with E-state index in [1.54, 1.807) is 33.3 Å². The van der Waals surface area contributed by atoms with E-state index in [0.29, 0.717) is 36.0 Å². The average Bonchev–Trinajstić information content (AvgIpc) is 2.84.